The Kier molecular flexibility index (Phi) is 3.23. The van der Waals surface area contributed by atoms with Crippen LogP contribution < -0.4 is 10.9 Å². The van der Waals surface area contributed by atoms with Gasteiger partial charge in [0, 0.05) is 26.2 Å². The third-order valence-electron chi connectivity index (χ3n) is 2.84. The molecule has 0 spiro atoms. The van der Waals surface area contributed by atoms with Crippen molar-refractivity contribution in [3.05, 3.63) is 27.4 Å². The molecule has 1 aromatic heterocycles. The van der Waals surface area contributed by atoms with Gasteiger partial charge in [-0.3, -0.25) is 9.59 Å². The van der Waals surface area contributed by atoms with E-state index in [1.807, 2.05) is 0 Å². The summed E-state index contributed by atoms with van der Waals surface area (Å²) in [5.41, 5.74) is 0.311. The van der Waals surface area contributed by atoms with E-state index in [0.29, 0.717) is 24.6 Å². The van der Waals surface area contributed by atoms with Gasteiger partial charge in [-0.15, -0.1) is 0 Å². The molecule has 0 aromatic carbocycles. The van der Waals surface area contributed by atoms with Crippen molar-refractivity contribution < 1.29 is 4.79 Å². The van der Waals surface area contributed by atoms with Crippen LogP contribution in [-0.2, 0) is 0 Å². The molecular weight excluding hydrogens is 220 g/mol. The molecule has 1 aromatic rings. The van der Waals surface area contributed by atoms with Crippen molar-refractivity contribution in [2.24, 2.45) is 0 Å². The van der Waals surface area contributed by atoms with E-state index in [2.05, 4.69) is 15.3 Å². The highest BCUT2D eigenvalue weighted by molar-refractivity contribution is 5.94. The van der Waals surface area contributed by atoms with Gasteiger partial charge in [0.15, 0.2) is 0 Å². The molecule has 1 aliphatic heterocycles. The number of hydrogen-bond donors (Lipinski definition) is 2. The van der Waals surface area contributed by atoms with E-state index < -0.39 is 0 Å². The van der Waals surface area contributed by atoms with Gasteiger partial charge in [-0.05, 0) is 13.8 Å². The number of carbonyl (C=O) groups excluding carboxylic acids is 1. The minimum Gasteiger partial charge on any atom is -0.336 e. The highest BCUT2D eigenvalue weighted by Gasteiger charge is 2.23. The summed E-state index contributed by atoms with van der Waals surface area (Å²) in [6.45, 7) is 6.19. The number of H-pyrrole nitrogens is 1. The van der Waals surface area contributed by atoms with Crippen molar-refractivity contribution in [3.8, 4) is 0 Å². The molecule has 6 heteroatoms. The number of piperazine rings is 1. The SMILES string of the molecule is Cc1nc(C)c(C(=O)N2CCNCC2)c(=O)[nH]1. The van der Waals surface area contributed by atoms with E-state index in [1.165, 1.54) is 0 Å². The van der Waals surface area contributed by atoms with Crippen LogP contribution in [0.5, 0.6) is 0 Å². The standard InChI is InChI=1S/C11H16N4O2/c1-7-9(10(16)14-8(2)13-7)11(17)15-5-3-12-4-6-15/h12H,3-6H2,1-2H3,(H,13,14,16). The smallest absolute Gasteiger partial charge is 0.264 e. The number of carbonyl (C=O) groups is 1. The zero-order valence-electron chi connectivity index (χ0n) is 10.0. The van der Waals surface area contributed by atoms with Crippen LogP contribution in [0.1, 0.15) is 21.9 Å². The average Bonchev–Trinajstić information content (AvgIpc) is 2.28. The second kappa shape index (κ2) is 4.67. The highest BCUT2D eigenvalue weighted by atomic mass is 16.2. The molecule has 6 nitrogen and oxygen atoms in total. The van der Waals surface area contributed by atoms with Crippen LogP contribution in [-0.4, -0.2) is 47.0 Å². The first-order valence-electron chi connectivity index (χ1n) is 5.67. The van der Waals surface area contributed by atoms with E-state index in [-0.39, 0.29) is 17.0 Å². The van der Waals surface area contributed by atoms with Crippen LogP contribution in [0.4, 0.5) is 0 Å². The van der Waals surface area contributed by atoms with E-state index in [1.54, 1.807) is 18.7 Å². The summed E-state index contributed by atoms with van der Waals surface area (Å²) >= 11 is 0. The van der Waals surface area contributed by atoms with Crippen LogP contribution in [0.3, 0.4) is 0 Å². The summed E-state index contributed by atoms with van der Waals surface area (Å²) in [5.74, 6) is 0.308. The molecule has 1 aliphatic rings. The van der Waals surface area contributed by atoms with Gasteiger partial charge in [0.1, 0.15) is 11.4 Å². The molecule has 0 bridgehead atoms. The van der Waals surface area contributed by atoms with Crippen molar-refractivity contribution in [1.29, 1.82) is 0 Å². The summed E-state index contributed by atoms with van der Waals surface area (Å²) in [6.07, 6.45) is 0. The van der Waals surface area contributed by atoms with E-state index in [9.17, 15) is 9.59 Å². The van der Waals surface area contributed by atoms with Crippen molar-refractivity contribution in [2.75, 3.05) is 26.2 Å². The topological polar surface area (TPSA) is 78.1 Å². The van der Waals surface area contributed by atoms with Gasteiger partial charge < -0.3 is 15.2 Å². The third kappa shape index (κ3) is 2.36. The summed E-state index contributed by atoms with van der Waals surface area (Å²) in [5, 5.41) is 3.16. The molecular formula is C11H16N4O2. The Morgan fingerprint density at radius 1 is 1.29 bits per heavy atom. The normalized spacial score (nSPS) is 16.0. The zero-order valence-corrected chi connectivity index (χ0v) is 10.0. The van der Waals surface area contributed by atoms with Crippen LogP contribution in [0, 0.1) is 13.8 Å². The maximum atomic E-state index is 12.2. The van der Waals surface area contributed by atoms with Crippen molar-refractivity contribution in [2.45, 2.75) is 13.8 Å². The van der Waals surface area contributed by atoms with Gasteiger partial charge in [-0.1, -0.05) is 0 Å². The quantitative estimate of drug-likeness (QED) is 0.684. The molecule has 92 valence electrons. The lowest BCUT2D eigenvalue weighted by molar-refractivity contribution is 0.0732. The van der Waals surface area contributed by atoms with Gasteiger partial charge in [-0.25, -0.2) is 4.98 Å². The molecule has 0 radical (unpaired) electrons. The number of amides is 1. The first-order chi connectivity index (χ1) is 8.09. The van der Waals surface area contributed by atoms with E-state index in [4.69, 9.17) is 0 Å². The predicted octanol–water partition coefficient (Wildman–Crippen LogP) is -0.568. The number of nitrogens with one attached hydrogen (secondary N) is 2. The number of hydrogen-bond acceptors (Lipinski definition) is 4. The largest absolute Gasteiger partial charge is 0.336 e. The minimum absolute atomic E-state index is 0.164. The summed E-state index contributed by atoms with van der Waals surface area (Å²) in [6, 6.07) is 0. The lowest BCUT2D eigenvalue weighted by Gasteiger charge is -2.27. The molecule has 1 amide bonds. The summed E-state index contributed by atoms with van der Waals surface area (Å²) in [7, 11) is 0. The minimum atomic E-state index is -0.349. The van der Waals surface area contributed by atoms with Crippen LogP contribution in [0.25, 0.3) is 0 Å². The lowest BCUT2D eigenvalue weighted by Crippen LogP contribution is -2.47. The molecule has 1 fully saturated rings. The monoisotopic (exact) mass is 236 g/mol. The molecule has 0 saturated carbocycles. The van der Waals surface area contributed by atoms with Crippen molar-refractivity contribution in [3.63, 3.8) is 0 Å². The number of aryl methyl sites for hydroxylation is 2. The fourth-order valence-corrected chi connectivity index (χ4v) is 2.00. The Morgan fingerprint density at radius 2 is 1.94 bits per heavy atom. The second-order valence-electron chi connectivity index (χ2n) is 4.15. The van der Waals surface area contributed by atoms with Crippen molar-refractivity contribution in [1.82, 2.24) is 20.2 Å². The fourth-order valence-electron chi connectivity index (χ4n) is 2.00. The molecule has 2 N–H and O–H groups in total. The molecule has 0 unspecified atom stereocenters. The Morgan fingerprint density at radius 3 is 2.53 bits per heavy atom. The van der Waals surface area contributed by atoms with Crippen LogP contribution in [0.15, 0.2) is 4.79 Å². The van der Waals surface area contributed by atoms with Gasteiger partial charge in [0.25, 0.3) is 11.5 Å². The first kappa shape index (κ1) is 11.8. The Labute approximate surface area is 99.1 Å². The Bertz CT molecular complexity index is 489. The molecule has 0 aliphatic carbocycles. The summed E-state index contributed by atoms with van der Waals surface area (Å²) < 4.78 is 0. The Balaban J connectivity index is 2.33. The number of aromatic nitrogens is 2. The molecule has 0 atom stereocenters. The zero-order chi connectivity index (χ0) is 12.4. The third-order valence-corrected chi connectivity index (χ3v) is 2.84. The predicted molar refractivity (Wildman–Crippen MR) is 63.1 cm³/mol. The molecule has 17 heavy (non-hydrogen) atoms. The van der Waals surface area contributed by atoms with Crippen LogP contribution >= 0.6 is 0 Å². The molecule has 2 heterocycles. The Hall–Kier alpha value is -1.69. The second-order valence-corrected chi connectivity index (χ2v) is 4.15. The number of nitrogens with zero attached hydrogens (tertiary/aromatic N) is 2. The van der Waals surface area contributed by atoms with Gasteiger partial charge in [0.2, 0.25) is 0 Å². The van der Waals surface area contributed by atoms with Gasteiger partial charge in [-0.2, -0.15) is 0 Å². The summed E-state index contributed by atoms with van der Waals surface area (Å²) in [4.78, 5) is 32.4. The van der Waals surface area contributed by atoms with Gasteiger partial charge >= 0.3 is 0 Å². The lowest BCUT2D eigenvalue weighted by atomic mass is 10.2. The van der Waals surface area contributed by atoms with E-state index >= 15 is 0 Å². The fraction of sp³-hybridized carbons (Fsp3) is 0.545. The first-order valence-corrected chi connectivity index (χ1v) is 5.67. The number of aromatic amines is 1. The maximum Gasteiger partial charge on any atom is 0.264 e. The molecule has 1 saturated heterocycles. The van der Waals surface area contributed by atoms with Crippen LogP contribution in [0.2, 0.25) is 0 Å². The maximum absolute atomic E-state index is 12.2. The van der Waals surface area contributed by atoms with Gasteiger partial charge in [0.05, 0.1) is 5.69 Å². The average molecular weight is 236 g/mol. The highest BCUT2D eigenvalue weighted by Crippen LogP contribution is 2.05. The van der Waals surface area contributed by atoms with Crippen molar-refractivity contribution >= 4 is 5.91 Å². The molecule has 2 rings (SSSR count). The van der Waals surface area contributed by atoms with E-state index in [0.717, 1.165) is 13.1 Å². The number of rotatable bonds is 1.